The van der Waals surface area contributed by atoms with Crippen molar-refractivity contribution in [3.63, 3.8) is 0 Å². The van der Waals surface area contributed by atoms with Gasteiger partial charge in [0.2, 0.25) is 0 Å². The lowest BCUT2D eigenvalue weighted by atomic mass is 9.97. The third-order valence-corrected chi connectivity index (χ3v) is 4.68. The number of ether oxygens (including phenoxy) is 4. The molecule has 0 saturated carbocycles. The first-order valence-corrected chi connectivity index (χ1v) is 11.2. The first-order chi connectivity index (χ1) is 15.0. The first-order valence-electron chi connectivity index (χ1n) is 11.2. The molecule has 0 unspecified atom stereocenters. The number of esters is 2. The van der Waals surface area contributed by atoms with E-state index >= 15 is 0 Å². The van der Waals surface area contributed by atoms with Gasteiger partial charge in [0, 0.05) is 10.8 Å². The van der Waals surface area contributed by atoms with Crippen LogP contribution in [0.25, 0.3) is 10.8 Å². The minimum absolute atomic E-state index is 0.0521. The minimum atomic E-state index is -0.636. The highest BCUT2D eigenvalue weighted by molar-refractivity contribution is 6.14. The molecule has 0 aliphatic rings. The second kappa shape index (κ2) is 12.2. The van der Waals surface area contributed by atoms with E-state index in [1.807, 2.05) is 38.1 Å². The molecule has 2 rings (SSSR count). The molecule has 0 N–H and O–H groups in total. The molecule has 0 aliphatic heterocycles. The third-order valence-electron chi connectivity index (χ3n) is 4.68. The van der Waals surface area contributed by atoms with Gasteiger partial charge in [0.1, 0.15) is 22.6 Å². The second-order valence-electron chi connectivity index (χ2n) is 7.47. The molecule has 0 atom stereocenters. The fourth-order valence-corrected chi connectivity index (χ4v) is 3.38. The van der Waals surface area contributed by atoms with Crippen molar-refractivity contribution in [3.8, 4) is 11.5 Å². The predicted molar refractivity (Wildman–Crippen MR) is 121 cm³/mol. The summed E-state index contributed by atoms with van der Waals surface area (Å²) in [4.78, 5) is 26.1. The van der Waals surface area contributed by atoms with Crippen LogP contribution in [0, 0.1) is 0 Å². The fraction of sp³-hybridized carbons (Fsp3) is 0.520. The average Bonchev–Trinajstić information content (AvgIpc) is 2.74. The molecule has 0 aliphatic carbocycles. The Morgan fingerprint density at radius 2 is 1.35 bits per heavy atom. The van der Waals surface area contributed by atoms with Gasteiger partial charge in [0.15, 0.2) is 0 Å². The summed E-state index contributed by atoms with van der Waals surface area (Å²) in [7, 11) is 0. The Hall–Kier alpha value is -2.76. The van der Waals surface area contributed by atoms with Crippen LogP contribution in [-0.2, 0) is 9.47 Å². The zero-order valence-electron chi connectivity index (χ0n) is 19.3. The van der Waals surface area contributed by atoms with E-state index < -0.39 is 11.9 Å². The van der Waals surface area contributed by atoms with E-state index in [0.717, 1.165) is 25.7 Å². The van der Waals surface area contributed by atoms with Gasteiger partial charge in [-0.25, -0.2) is 9.59 Å². The van der Waals surface area contributed by atoms with Crippen molar-refractivity contribution < 1.29 is 28.5 Å². The van der Waals surface area contributed by atoms with Crippen LogP contribution in [0.3, 0.4) is 0 Å². The number of unbranched alkanes of at least 4 members (excludes halogenated alkanes) is 3. The molecule has 2 aromatic rings. The Morgan fingerprint density at radius 1 is 0.806 bits per heavy atom. The summed E-state index contributed by atoms with van der Waals surface area (Å²) in [5.74, 6) is -0.619. The van der Waals surface area contributed by atoms with Gasteiger partial charge in [-0.3, -0.25) is 0 Å². The summed E-state index contributed by atoms with van der Waals surface area (Å²) in [6.07, 6.45) is 3.90. The van der Waals surface area contributed by atoms with Crippen LogP contribution in [-0.4, -0.2) is 37.9 Å². The third kappa shape index (κ3) is 6.12. The highest BCUT2D eigenvalue weighted by atomic mass is 16.5. The number of hydrogen-bond donors (Lipinski definition) is 0. The van der Waals surface area contributed by atoms with E-state index in [9.17, 15) is 9.59 Å². The van der Waals surface area contributed by atoms with E-state index in [-0.39, 0.29) is 30.4 Å². The molecule has 0 saturated heterocycles. The molecule has 0 fully saturated rings. The van der Waals surface area contributed by atoms with Gasteiger partial charge in [0.25, 0.3) is 0 Å². The molecule has 2 aromatic carbocycles. The number of benzene rings is 2. The van der Waals surface area contributed by atoms with E-state index in [0.29, 0.717) is 28.9 Å². The van der Waals surface area contributed by atoms with Gasteiger partial charge in [-0.05, 0) is 34.1 Å². The number of carbonyl (C=O) groups excluding carboxylic acids is 2. The smallest absolute Gasteiger partial charge is 0.342 e. The zero-order valence-corrected chi connectivity index (χ0v) is 19.3. The van der Waals surface area contributed by atoms with E-state index in [2.05, 4.69) is 6.92 Å². The summed E-state index contributed by atoms with van der Waals surface area (Å²) >= 11 is 0. The summed E-state index contributed by atoms with van der Waals surface area (Å²) in [6, 6.07) is 7.44. The maximum absolute atomic E-state index is 13.0. The van der Waals surface area contributed by atoms with Crippen molar-refractivity contribution in [1.29, 1.82) is 0 Å². The molecule has 31 heavy (non-hydrogen) atoms. The fourth-order valence-electron chi connectivity index (χ4n) is 3.38. The van der Waals surface area contributed by atoms with E-state index in [4.69, 9.17) is 18.9 Å². The Morgan fingerprint density at radius 3 is 1.87 bits per heavy atom. The highest BCUT2D eigenvalue weighted by Crippen LogP contribution is 2.42. The molecule has 6 heteroatoms. The van der Waals surface area contributed by atoms with E-state index in [1.54, 1.807) is 13.8 Å². The molecular formula is C25H34O6. The molecule has 0 heterocycles. The maximum atomic E-state index is 13.0. The van der Waals surface area contributed by atoms with Crippen molar-refractivity contribution in [2.45, 2.75) is 66.4 Å². The van der Waals surface area contributed by atoms with Crippen molar-refractivity contribution in [2.24, 2.45) is 0 Å². The number of fused-ring (bicyclic) bond motifs is 1. The summed E-state index contributed by atoms with van der Waals surface area (Å²) in [5.41, 5.74) is 0.112. The van der Waals surface area contributed by atoms with Gasteiger partial charge < -0.3 is 18.9 Å². The molecule has 6 nitrogen and oxygen atoms in total. The second-order valence-corrected chi connectivity index (χ2v) is 7.47. The van der Waals surface area contributed by atoms with Crippen LogP contribution in [0.2, 0.25) is 0 Å². The largest absolute Gasteiger partial charge is 0.492 e. The van der Waals surface area contributed by atoms with Crippen molar-refractivity contribution >= 4 is 22.7 Å². The molecule has 170 valence electrons. The van der Waals surface area contributed by atoms with Crippen LogP contribution < -0.4 is 9.47 Å². The standard InChI is InChI=1S/C25H34O6/c1-6-9-10-13-16-30-22-18-14-11-12-15-19(18)23(31-17(4)5)21(25(27)29-8-3)20(22)24(26)28-7-2/h11-12,14-15,17H,6-10,13,16H2,1-5H3. The lowest BCUT2D eigenvalue weighted by molar-refractivity contribution is 0.0470. The topological polar surface area (TPSA) is 71.1 Å². The van der Waals surface area contributed by atoms with Crippen molar-refractivity contribution in [1.82, 2.24) is 0 Å². The quantitative estimate of drug-likeness (QED) is 0.307. The maximum Gasteiger partial charge on any atom is 0.342 e. The average molecular weight is 431 g/mol. The predicted octanol–water partition coefficient (Wildman–Crippen LogP) is 5.94. The summed E-state index contributed by atoms with van der Waals surface area (Å²) in [6.45, 7) is 10.1. The van der Waals surface area contributed by atoms with Crippen LogP contribution in [0.5, 0.6) is 11.5 Å². The van der Waals surface area contributed by atoms with Crippen LogP contribution in [0.4, 0.5) is 0 Å². The van der Waals surface area contributed by atoms with E-state index in [1.165, 1.54) is 0 Å². The van der Waals surface area contributed by atoms with Gasteiger partial charge in [-0.2, -0.15) is 0 Å². The number of rotatable bonds is 12. The van der Waals surface area contributed by atoms with Gasteiger partial charge in [0.05, 0.1) is 25.9 Å². The lowest BCUT2D eigenvalue weighted by Crippen LogP contribution is -2.20. The Labute approximate surface area is 184 Å². The summed E-state index contributed by atoms with van der Waals surface area (Å²) in [5, 5.41) is 1.39. The monoisotopic (exact) mass is 430 g/mol. The summed E-state index contributed by atoms with van der Waals surface area (Å²) < 4.78 is 22.8. The minimum Gasteiger partial charge on any atom is -0.492 e. The van der Waals surface area contributed by atoms with Crippen LogP contribution >= 0.6 is 0 Å². The lowest BCUT2D eigenvalue weighted by Gasteiger charge is -2.22. The van der Waals surface area contributed by atoms with Crippen LogP contribution in [0.15, 0.2) is 24.3 Å². The molecule has 0 aromatic heterocycles. The SMILES string of the molecule is CCCCCCOc1c(C(=O)OCC)c(C(=O)OCC)c(OC(C)C)c2ccccc12. The van der Waals surface area contributed by atoms with Gasteiger partial charge in [-0.1, -0.05) is 50.5 Å². The first kappa shape index (κ1) is 24.5. The highest BCUT2D eigenvalue weighted by Gasteiger charge is 2.32. The van der Waals surface area contributed by atoms with Gasteiger partial charge >= 0.3 is 11.9 Å². The zero-order chi connectivity index (χ0) is 22.8. The molecule has 0 spiro atoms. The molecular weight excluding hydrogens is 396 g/mol. The molecule has 0 radical (unpaired) electrons. The number of carbonyl (C=O) groups is 2. The van der Waals surface area contributed by atoms with Crippen LogP contribution in [0.1, 0.15) is 81.0 Å². The number of hydrogen-bond acceptors (Lipinski definition) is 6. The Kier molecular flexibility index (Phi) is 9.63. The Balaban J connectivity index is 2.76. The molecule has 0 bridgehead atoms. The van der Waals surface area contributed by atoms with Gasteiger partial charge in [-0.15, -0.1) is 0 Å². The van der Waals surface area contributed by atoms with Crippen molar-refractivity contribution in [3.05, 3.63) is 35.4 Å². The molecule has 0 amide bonds. The normalized spacial score (nSPS) is 10.9. The Bertz CT molecular complexity index is 887. The van der Waals surface area contributed by atoms with Crippen molar-refractivity contribution in [2.75, 3.05) is 19.8 Å².